The van der Waals surface area contributed by atoms with E-state index >= 15 is 0 Å². The molecule has 114 valence electrons. The molecule has 0 radical (unpaired) electrons. The Hall–Kier alpha value is -1.51. The molecule has 1 amide bonds. The quantitative estimate of drug-likeness (QED) is 0.773. The summed E-state index contributed by atoms with van der Waals surface area (Å²) in [6, 6.07) is 5.64. The highest BCUT2D eigenvalue weighted by Crippen LogP contribution is 2.23. The normalized spacial score (nSPS) is 10.8. The molecule has 0 saturated heterocycles. The maximum atomic E-state index is 11.4. The maximum Gasteiger partial charge on any atom is 0.258 e. The van der Waals surface area contributed by atoms with Gasteiger partial charge >= 0.3 is 0 Å². The van der Waals surface area contributed by atoms with Gasteiger partial charge in [-0.2, -0.15) is 0 Å². The van der Waals surface area contributed by atoms with E-state index in [0.717, 1.165) is 10.0 Å². The molecule has 1 aromatic carbocycles. The summed E-state index contributed by atoms with van der Waals surface area (Å²) >= 11 is 3.52. The van der Waals surface area contributed by atoms with Gasteiger partial charge in [-0.05, 0) is 44.5 Å². The lowest BCUT2D eigenvalue weighted by atomic mass is 10.1. The fourth-order valence-electron chi connectivity index (χ4n) is 1.49. The maximum absolute atomic E-state index is 11.4. The lowest BCUT2D eigenvalue weighted by Gasteiger charge is -2.21. The second-order valence-electron chi connectivity index (χ2n) is 5.63. The Morgan fingerprint density at radius 1 is 1.43 bits per heavy atom. The number of hydrogen-bond acceptors (Lipinski definition) is 3. The average molecular weight is 353 g/mol. The number of rotatable bonds is 6. The van der Waals surface area contributed by atoms with Gasteiger partial charge in [-0.1, -0.05) is 21.9 Å². The molecule has 1 rings (SSSR count). The standard InChI is InChI=1S/C16H21BrN2O2/c1-5-8-18-15(20)11-21-13-6-7-14(17)12(9-13)10-19-16(2,3)4/h1,6-7,9,19H,8,10-11H2,2-4H3,(H,18,20). The van der Waals surface area contributed by atoms with Crippen LogP contribution in [0.1, 0.15) is 26.3 Å². The summed E-state index contributed by atoms with van der Waals surface area (Å²) in [5.41, 5.74) is 1.11. The van der Waals surface area contributed by atoms with Gasteiger partial charge in [0.05, 0.1) is 6.54 Å². The van der Waals surface area contributed by atoms with E-state index in [1.807, 2.05) is 18.2 Å². The van der Waals surface area contributed by atoms with Crippen LogP contribution in [-0.2, 0) is 11.3 Å². The van der Waals surface area contributed by atoms with Gasteiger partial charge < -0.3 is 15.4 Å². The highest BCUT2D eigenvalue weighted by molar-refractivity contribution is 9.10. The third kappa shape index (κ3) is 7.16. The van der Waals surface area contributed by atoms with Crippen LogP contribution >= 0.6 is 15.9 Å². The largest absolute Gasteiger partial charge is 0.484 e. The van der Waals surface area contributed by atoms with Crippen LogP contribution < -0.4 is 15.4 Å². The first kappa shape index (κ1) is 17.5. The number of terminal acetylenes is 1. The number of ether oxygens (including phenoxy) is 1. The van der Waals surface area contributed by atoms with Crippen LogP contribution in [-0.4, -0.2) is 24.6 Å². The number of amides is 1. The summed E-state index contributed by atoms with van der Waals surface area (Å²) in [6.45, 7) is 7.20. The van der Waals surface area contributed by atoms with Crippen LogP contribution in [0.15, 0.2) is 22.7 Å². The minimum absolute atomic E-state index is 0.0331. The highest BCUT2D eigenvalue weighted by Gasteiger charge is 2.11. The number of halogens is 1. The van der Waals surface area contributed by atoms with E-state index in [2.05, 4.69) is 53.3 Å². The fraction of sp³-hybridized carbons (Fsp3) is 0.438. The molecule has 5 heteroatoms. The van der Waals surface area contributed by atoms with E-state index < -0.39 is 0 Å². The van der Waals surface area contributed by atoms with Gasteiger partial charge in [-0.3, -0.25) is 4.79 Å². The van der Waals surface area contributed by atoms with Gasteiger partial charge in [0, 0.05) is 16.6 Å². The van der Waals surface area contributed by atoms with Crippen LogP contribution in [0.2, 0.25) is 0 Å². The monoisotopic (exact) mass is 352 g/mol. The van der Waals surface area contributed by atoms with Gasteiger partial charge in [-0.25, -0.2) is 0 Å². The van der Waals surface area contributed by atoms with Crippen LogP contribution in [0, 0.1) is 12.3 Å². The SMILES string of the molecule is C#CCNC(=O)COc1ccc(Br)c(CNC(C)(C)C)c1. The Morgan fingerprint density at radius 2 is 2.14 bits per heavy atom. The van der Waals surface area contributed by atoms with Crippen molar-refractivity contribution in [1.29, 1.82) is 0 Å². The summed E-state index contributed by atoms with van der Waals surface area (Å²) in [6.07, 6.45) is 5.07. The first-order valence-electron chi connectivity index (χ1n) is 6.68. The van der Waals surface area contributed by atoms with E-state index in [1.54, 1.807) is 0 Å². The van der Waals surface area contributed by atoms with Crippen molar-refractivity contribution in [2.45, 2.75) is 32.9 Å². The molecular weight excluding hydrogens is 332 g/mol. The smallest absolute Gasteiger partial charge is 0.258 e. The highest BCUT2D eigenvalue weighted by atomic mass is 79.9. The first-order chi connectivity index (χ1) is 9.81. The third-order valence-electron chi connectivity index (χ3n) is 2.58. The minimum Gasteiger partial charge on any atom is -0.484 e. The molecule has 0 fully saturated rings. The molecule has 4 nitrogen and oxygen atoms in total. The number of nitrogens with one attached hydrogen (secondary N) is 2. The average Bonchev–Trinajstić information content (AvgIpc) is 2.41. The van der Waals surface area contributed by atoms with Gasteiger partial charge in [0.25, 0.3) is 5.91 Å². The van der Waals surface area contributed by atoms with E-state index in [4.69, 9.17) is 11.2 Å². The predicted octanol–water partition coefficient (Wildman–Crippen LogP) is 2.47. The second-order valence-corrected chi connectivity index (χ2v) is 6.48. The molecule has 0 aliphatic rings. The molecule has 0 aliphatic heterocycles. The molecule has 0 spiro atoms. The number of hydrogen-bond donors (Lipinski definition) is 2. The van der Waals surface area contributed by atoms with Crippen molar-refractivity contribution in [2.24, 2.45) is 0 Å². The van der Waals surface area contributed by atoms with Gasteiger partial charge in [-0.15, -0.1) is 6.42 Å². The zero-order valence-corrected chi connectivity index (χ0v) is 14.2. The summed E-state index contributed by atoms with van der Waals surface area (Å²) in [4.78, 5) is 11.4. The molecule has 0 saturated carbocycles. The number of carbonyl (C=O) groups excluding carboxylic acids is 1. The summed E-state index contributed by atoms with van der Waals surface area (Å²) in [7, 11) is 0. The van der Waals surface area contributed by atoms with Crippen molar-refractivity contribution in [3.63, 3.8) is 0 Å². The van der Waals surface area contributed by atoms with Crippen molar-refractivity contribution in [3.05, 3.63) is 28.2 Å². The molecule has 0 atom stereocenters. The van der Waals surface area contributed by atoms with Crippen molar-refractivity contribution < 1.29 is 9.53 Å². The lowest BCUT2D eigenvalue weighted by molar-refractivity contribution is -0.122. The topological polar surface area (TPSA) is 50.4 Å². The number of benzene rings is 1. The zero-order valence-electron chi connectivity index (χ0n) is 12.6. The van der Waals surface area contributed by atoms with Gasteiger partial charge in [0.2, 0.25) is 0 Å². The Balaban J connectivity index is 2.60. The van der Waals surface area contributed by atoms with E-state index in [0.29, 0.717) is 12.3 Å². The van der Waals surface area contributed by atoms with Crippen molar-refractivity contribution in [3.8, 4) is 18.1 Å². The van der Waals surface area contributed by atoms with Crippen LogP contribution in [0.25, 0.3) is 0 Å². The molecule has 1 aromatic rings. The Kier molecular flexibility index (Phi) is 6.73. The molecule has 0 bridgehead atoms. The van der Waals surface area contributed by atoms with Crippen LogP contribution in [0.3, 0.4) is 0 Å². The molecule has 0 aromatic heterocycles. The van der Waals surface area contributed by atoms with Crippen LogP contribution in [0.4, 0.5) is 0 Å². The van der Waals surface area contributed by atoms with Gasteiger partial charge in [0.15, 0.2) is 6.61 Å². The molecule has 0 heterocycles. The predicted molar refractivity (Wildman–Crippen MR) is 88.1 cm³/mol. The summed E-state index contributed by atoms with van der Waals surface area (Å²) in [5.74, 6) is 2.76. The Labute approximate surface area is 134 Å². The second kappa shape index (κ2) is 8.06. The van der Waals surface area contributed by atoms with Crippen LogP contribution in [0.5, 0.6) is 5.75 Å². The molecular formula is C16H21BrN2O2. The van der Waals surface area contributed by atoms with E-state index in [-0.39, 0.29) is 24.6 Å². The van der Waals surface area contributed by atoms with Crippen molar-refractivity contribution >= 4 is 21.8 Å². The third-order valence-corrected chi connectivity index (χ3v) is 3.36. The zero-order chi connectivity index (χ0) is 15.9. The number of carbonyl (C=O) groups is 1. The first-order valence-corrected chi connectivity index (χ1v) is 7.47. The van der Waals surface area contributed by atoms with E-state index in [1.165, 1.54) is 0 Å². The Morgan fingerprint density at radius 3 is 2.76 bits per heavy atom. The van der Waals surface area contributed by atoms with Crippen molar-refractivity contribution in [1.82, 2.24) is 10.6 Å². The molecule has 0 unspecified atom stereocenters. The molecule has 2 N–H and O–H groups in total. The summed E-state index contributed by atoms with van der Waals surface area (Å²) in [5, 5.41) is 5.96. The van der Waals surface area contributed by atoms with E-state index in [9.17, 15) is 4.79 Å². The Bertz CT molecular complexity index is 530. The molecule has 0 aliphatic carbocycles. The van der Waals surface area contributed by atoms with Crippen molar-refractivity contribution in [2.75, 3.05) is 13.2 Å². The summed E-state index contributed by atoms with van der Waals surface area (Å²) < 4.78 is 6.47. The lowest BCUT2D eigenvalue weighted by Crippen LogP contribution is -2.35. The fourth-order valence-corrected chi connectivity index (χ4v) is 1.87. The van der Waals surface area contributed by atoms with Gasteiger partial charge in [0.1, 0.15) is 5.75 Å². The molecule has 21 heavy (non-hydrogen) atoms. The minimum atomic E-state index is -0.231.